The van der Waals surface area contributed by atoms with Crippen LogP contribution in [-0.4, -0.2) is 12.5 Å². The molecule has 108 valence electrons. The van der Waals surface area contributed by atoms with E-state index in [0.29, 0.717) is 18.9 Å². The fourth-order valence-electron chi connectivity index (χ4n) is 1.83. The number of hydrogen-bond acceptors (Lipinski definition) is 1. The Morgan fingerprint density at radius 3 is 2.67 bits per heavy atom. The van der Waals surface area contributed by atoms with Crippen molar-refractivity contribution in [3.05, 3.63) is 65.5 Å². The number of rotatable bonds is 5. The third-order valence-electron chi connectivity index (χ3n) is 2.87. The minimum atomic E-state index is -0.369. The van der Waals surface area contributed by atoms with Crippen LogP contribution in [0.3, 0.4) is 0 Å². The van der Waals surface area contributed by atoms with Gasteiger partial charge < -0.3 is 4.74 Å². The Hall–Kier alpha value is -1.98. The van der Waals surface area contributed by atoms with Gasteiger partial charge in [-0.15, -0.1) is 11.6 Å². The molecule has 0 saturated carbocycles. The minimum Gasteiger partial charge on any atom is -0.490 e. The molecule has 0 heterocycles. The Kier molecular flexibility index (Phi) is 6.12. The molecule has 2 aromatic rings. The van der Waals surface area contributed by atoms with Crippen LogP contribution in [0.5, 0.6) is 5.75 Å². The maximum Gasteiger partial charge on any atom is 0.165 e. The second kappa shape index (κ2) is 8.34. The van der Waals surface area contributed by atoms with Gasteiger partial charge in [-0.1, -0.05) is 42.2 Å². The van der Waals surface area contributed by atoms with E-state index in [9.17, 15) is 4.39 Å². The number of hydrogen-bond donors (Lipinski definition) is 0. The van der Waals surface area contributed by atoms with Gasteiger partial charge in [-0.2, -0.15) is 0 Å². The topological polar surface area (TPSA) is 9.23 Å². The summed E-state index contributed by atoms with van der Waals surface area (Å²) in [6.07, 6.45) is 1.35. The normalized spacial score (nSPS) is 9.81. The molecule has 0 radical (unpaired) electrons. The summed E-state index contributed by atoms with van der Waals surface area (Å²) in [6.45, 7) is 0.430. The molecule has 0 unspecified atom stereocenters. The van der Waals surface area contributed by atoms with Crippen LogP contribution in [0.15, 0.2) is 48.5 Å². The number of ether oxygens (including phenoxy) is 1. The third kappa shape index (κ3) is 5.13. The molecule has 0 aliphatic carbocycles. The summed E-state index contributed by atoms with van der Waals surface area (Å²) in [5.41, 5.74) is 1.90. The van der Waals surface area contributed by atoms with Crippen LogP contribution in [0, 0.1) is 17.7 Å². The smallest absolute Gasteiger partial charge is 0.165 e. The van der Waals surface area contributed by atoms with E-state index >= 15 is 0 Å². The molecule has 1 nitrogen and oxygen atoms in total. The zero-order chi connectivity index (χ0) is 14.9. The summed E-state index contributed by atoms with van der Waals surface area (Å²) >= 11 is 5.56. The Balaban J connectivity index is 1.96. The van der Waals surface area contributed by atoms with E-state index in [0.717, 1.165) is 17.5 Å². The van der Waals surface area contributed by atoms with Crippen molar-refractivity contribution in [1.29, 1.82) is 0 Å². The predicted octanol–water partition coefficient (Wildman–Crippen LogP) is 4.43. The molecule has 2 rings (SSSR count). The average molecular weight is 303 g/mol. The fourth-order valence-corrected chi connectivity index (χ4v) is 1.92. The molecular formula is C18H16ClFO. The van der Waals surface area contributed by atoms with Crippen molar-refractivity contribution in [2.24, 2.45) is 0 Å². The molecule has 0 atom stereocenters. The van der Waals surface area contributed by atoms with Crippen LogP contribution in [0.2, 0.25) is 0 Å². The number of alkyl halides is 1. The van der Waals surface area contributed by atoms with E-state index in [-0.39, 0.29) is 11.6 Å². The molecule has 0 aromatic heterocycles. The molecule has 0 amide bonds. The van der Waals surface area contributed by atoms with Crippen LogP contribution in [0.25, 0.3) is 0 Å². The second-order valence-electron chi connectivity index (χ2n) is 4.47. The van der Waals surface area contributed by atoms with E-state index in [4.69, 9.17) is 16.3 Å². The number of halogens is 2. The first kappa shape index (κ1) is 15.4. The summed E-state index contributed by atoms with van der Waals surface area (Å²) in [6, 6.07) is 14.6. The van der Waals surface area contributed by atoms with Gasteiger partial charge in [0.25, 0.3) is 0 Å². The first-order valence-corrected chi connectivity index (χ1v) is 7.34. The molecule has 2 aromatic carbocycles. The van der Waals surface area contributed by atoms with Gasteiger partial charge in [0.15, 0.2) is 11.6 Å². The second-order valence-corrected chi connectivity index (χ2v) is 4.85. The van der Waals surface area contributed by atoms with Crippen molar-refractivity contribution >= 4 is 11.6 Å². The lowest BCUT2D eigenvalue weighted by molar-refractivity contribution is 0.305. The van der Waals surface area contributed by atoms with Gasteiger partial charge in [-0.05, 0) is 23.8 Å². The molecule has 21 heavy (non-hydrogen) atoms. The minimum absolute atomic E-state index is 0.239. The molecule has 3 heteroatoms. The zero-order valence-electron chi connectivity index (χ0n) is 11.6. The summed E-state index contributed by atoms with van der Waals surface area (Å²) < 4.78 is 19.2. The van der Waals surface area contributed by atoms with Crippen molar-refractivity contribution in [1.82, 2.24) is 0 Å². The van der Waals surface area contributed by atoms with Crippen molar-refractivity contribution < 1.29 is 9.13 Å². The highest BCUT2D eigenvalue weighted by Gasteiger charge is 2.04. The van der Waals surface area contributed by atoms with Gasteiger partial charge in [-0.3, -0.25) is 0 Å². The van der Waals surface area contributed by atoms with Crippen LogP contribution < -0.4 is 4.74 Å². The monoisotopic (exact) mass is 302 g/mol. The van der Waals surface area contributed by atoms with Gasteiger partial charge in [0.1, 0.15) is 0 Å². The first-order chi connectivity index (χ1) is 10.3. The fraction of sp³-hybridized carbons (Fsp3) is 0.222. The lowest BCUT2D eigenvalue weighted by Crippen LogP contribution is -2.03. The van der Waals surface area contributed by atoms with Gasteiger partial charge in [-0.25, -0.2) is 4.39 Å². The third-order valence-corrected chi connectivity index (χ3v) is 3.06. The van der Waals surface area contributed by atoms with Crippen LogP contribution in [0.1, 0.15) is 17.5 Å². The summed E-state index contributed by atoms with van der Waals surface area (Å²) in [7, 11) is 0. The standard InChI is InChI=1S/C18H16ClFO/c19-12-5-4-8-16-9-10-17(20)18(14-16)21-13-11-15-6-2-1-3-7-15/h1-3,6-7,9-10,14H,5,11-13H2. The van der Waals surface area contributed by atoms with Crippen LogP contribution in [-0.2, 0) is 6.42 Å². The zero-order valence-corrected chi connectivity index (χ0v) is 12.4. The summed E-state index contributed by atoms with van der Waals surface area (Å²) in [4.78, 5) is 0. The van der Waals surface area contributed by atoms with Crippen molar-refractivity contribution in [3.63, 3.8) is 0 Å². The highest BCUT2D eigenvalue weighted by Crippen LogP contribution is 2.18. The molecular weight excluding hydrogens is 287 g/mol. The lowest BCUT2D eigenvalue weighted by Gasteiger charge is -2.07. The van der Waals surface area contributed by atoms with E-state index in [1.165, 1.54) is 6.07 Å². The highest BCUT2D eigenvalue weighted by atomic mass is 35.5. The van der Waals surface area contributed by atoms with Gasteiger partial charge in [0, 0.05) is 24.3 Å². The molecule has 0 bridgehead atoms. The Bertz CT molecular complexity index is 629. The molecule has 0 aliphatic rings. The Morgan fingerprint density at radius 2 is 1.90 bits per heavy atom. The molecule has 0 spiro atoms. The Labute approximate surface area is 129 Å². The first-order valence-electron chi connectivity index (χ1n) is 6.80. The maximum atomic E-state index is 13.7. The Morgan fingerprint density at radius 1 is 1.10 bits per heavy atom. The molecule has 0 saturated heterocycles. The quantitative estimate of drug-likeness (QED) is 0.586. The molecule has 0 fully saturated rings. The van der Waals surface area contributed by atoms with Crippen LogP contribution >= 0.6 is 11.6 Å². The molecule has 0 aliphatic heterocycles. The van der Waals surface area contributed by atoms with Crippen LogP contribution in [0.4, 0.5) is 4.39 Å². The maximum absolute atomic E-state index is 13.7. The van der Waals surface area contributed by atoms with E-state index in [1.807, 2.05) is 30.3 Å². The van der Waals surface area contributed by atoms with Gasteiger partial charge in [0.05, 0.1) is 6.61 Å². The molecule has 0 N–H and O–H groups in total. The summed E-state index contributed by atoms with van der Waals surface area (Å²) in [5.74, 6) is 6.22. The van der Waals surface area contributed by atoms with Gasteiger partial charge >= 0.3 is 0 Å². The average Bonchev–Trinajstić information content (AvgIpc) is 2.51. The number of benzene rings is 2. The largest absolute Gasteiger partial charge is 0.490 e. The van der Waals surface area contributed by atoms with E-state index < -0.39 is 0 Å². The predicted molar refractivity (Wildman–Crippen MR) is 84.3 cm³/mol. The van der Waals surface area contributed by atoms with Crippen molar-refractivity contribution in [3.8, 4) is 17.6 Å². The van der Waals surface area contributed by atoms with Crippen molar-refractivity contribution in [2.75, 3.05) is 12.5 Å². The van der Waals surface area contributed by atoms with E-state index in [2.05, 4.69) is 11.8 Å². The van der Waals surface area contributed by atoms with Crippen molar-refractivity contribution in [2.45, 2.75) is 12.8 Å². The van der Waals surface area contributed by atoms with Gasteiger partial charge in [0.2, 0.25) is 0 Å². The highest BCUT2D eigenvalue weighted by molar-refractivity contribution is 6.18. The summed E-state index contributed by atoms with van der Waals surface area (Å²) in [5, 5.41) is 0. The van der Waals surface area contributed by atoms with E-state index in [1.54, 1.807) is 12.1 Å². The SMILES string of the molecule is Fc1ccc(C#CCCCl)cc1OCCc1ccccc1. The lowest BCUT2D eigenvalue weighted by atomic mass is 10.2.